The van der Waals surface area contributed by atoms with Crippen molar-refractivity contribution in [3.8, 4) is 0 Å². The summed E-state index contributed by atoms with van der Waals surface area (Å²) >= 11 is 1.84. The largest absolute Gasteiger partial charge is 0.319 e. The van der Waals surface area contributed by atoms with Gasteiger partial charge in [-0.15, -0.1) is 11.8 Å². The number of nitrogens with zero attached hydrogens (tertiary/aromatic N) is 2. The first-order valence-corrected chi connectivity index (χ1v) is 6.36. The molecule has 0 aromatic heterocycles. The number of fused-ring (bicyclic) bond motifs is 1. The van der Waals surface area contributed by atoms with Gasteiger partial charge in [0.2, 0.25) is 0 Å². The van der Waals surface area contributed by atoms with E-state index in [1.54, 1.807) is 0 Å². The average molecular weight is 212 g/mol. The van der Waals surface area contributed by atoms with Gasteiger partial charge in [0.05, 0.1) is 0 Å². The number of carbonyl (C=O) groups is 1. The summed E-state index contributed by atoms with van der Waals surface area (Å²) in [6.07, 6.45) is 3.54. The lowest BCUT2D eigenvalue weighted by Crippen LogP contribution is -2.57. The zero-order valence-electron chi connectivity index (χ0n) is 8.53. The predicted octanol–water partition coefficient (Wildman–Crippen LogP) is 1.53. The van der Waals surface area contributed by atoms with Gasteiger partial charge in [0.1, 0.15) is 11.1 Å². The second kappa shape index (κ2) is 4.34. The number of aliphatic imine (C=N–C) groups is 1. The maximum Gasteiger partial charge on any atom is 0.272 e. The van der Waals surface area contributed by atoms with E-state index in [1.165, 1.54) is 12.8 Å². The van der Waals surface area contributed by atoms with Crippen molar-refractivity contribution in [1.82, 2.24) is 4.90 Å². The van der Waals surface area contributed by atoms with Gasteiger partial charge in [-0.1, -0.05) is 19.8 Å². The Bertz CT molecular complexity index is 265. The van der Waals surface area contributed by atoms with Crippen LogP contribution in [0, 0.1) is 0 Å². The van der Waals surface area contributed by atoms with Crippen LogP contribution in [0.15, 0.2) is 4.99 Å². The van der Waals surface area contributed by atoms with Crippen molar-refractivity contribution < 1.29 is 4.79 Å². The maximum absolute atomic E-state index is 11.5. The molecule has 78 valence electrons. The molecule has 0 unspecified atom stereocenters. The molecule has 2 aliphatic rings. The highest BCUT2D eigenvalue weighted by Gasteiger charge is 2.46. The van der Waals surface area contributed by atoms with Crippen molar-refractivity contribution in [3.63, 3.8) is 0 Å². The fourth-order valence-electron chi connectivity index (χ4n) is 1.80. The molecule has 1 amide bonds. The molecule has 0 bridgehead atoms. The number of thioether (sulfide) groups is 1. The molecule has 2 saturated heterocycles. The Balaban J connectivity index is 1.83. The highest BCUT2D eigenvalue weighted by molar-refractivity contribution is 8.01. The third-order valence-corrected chi connectivity index (χ3v) is 3.86. The molecule has 2 heterocycles. The minimum Gasteiger partial charge on any atom is -0.319 e. The van der Waals surface area contributed by atoms with Crippen LogP contribution in [0.5, 0.6) is 0 Å². The molecule has 4 heteroatoms. The van der Waals surface area contributed by atoms with Crippen LogP contribution in [0.1, 0.15) is 26.2 Å². The summed E-state index contributed by atoms with van der Waals surface area (Å²) in [5.74, 6) is 1.25. The van der Waals surface area contributed by atoms with Crippen LogP contribution in [0.4, 0.5) is 0 Å². The van der Waals surface area contributed by atoms with Gasteiger partial charge < -0.3 is 4.90 Å². The van der Waals surface area contributed by atoms with Gasteiger partial charge in [-0.3, -0.25) is 9.79 Å². The molecule has 2 rings (SSSR count). The first-order valence-electron chi connectivity index (χ1n) is 5.31. The fourth-order valence-corrected chi connectivity index (χ4v) is 3.04. The molecule has 0 aromatic rings. The zero-order valence-corrected chi connectivity index (χ0v) is 9.35. The summed E-state index contributed by atoms with van der Waals surface area (Å²) in [6, 6.07) is 0. The molecular weight excluding hydrogens is 196 g/mol. The van der Waals surface area contributed by atoms with Gasteiger partial charge in [0, 0.05) is 18.8 Å². The average Bonchev–Trinajstić information content (AvgIpc) is 2.62. The zero-order chi connectivity index (χ0) is 9.97. The Morgan fingerprint density at radius 1 is 1.57 bits per heavy atom. The molecular formula is C10H16N2OS. The Morgan fingerprint density at radius 2 is 2.43 bits per heavy atom. The van der Waals surface area contributed by atoms with Crippen LogP contribution in [0.2, 0.25) is 0 Å². The summed E-state index contributed by atoms with van der Waals surface area (Å²) in [5, 5.41) is 0.309. The van der Waals surface area contributed by atoms with Crippen LogP contribution >= 0.6 is 11.8 Å². The van der Waals surface area contributed by atoms with Crippen molar-refractivity contribution in [3.05, 3.63) is 0 Å². The third kappa shape index (κ3) is 1.67. The van der Waals surface area contributed by atoms with Crippen molar-refractivity contribution in [2.75, 3.05) is 18.8 Å². The van der Waals surface area contributed by atoms with Crippen LogP contribution in [0.3, 0.4) is 0 Å². The number of unbranched alkanes of at least 4 members (excludes halogenated alkanes) is 2. The number of carbonyl (C=O) groups excluding carboxylic acids is 1. The van der Waals surface area contributed by atoms with E-state index in [0.29, 0.717) is 5.37 Å². The van der Waals surface area contributed by atoms with Crippen molar-refractivity contribution in [2.24, 2.45) is 4.99 Å². The predicted molar refractivity (Wildman–Crippen MR) is 59.8 cm³/mol. The molecule has 2 fully saturated rings. The molecule has 3 nitrogen and oxygen atoms in total. The van der Waals surface area contributed by atoms with Gasteiger partial charge in [-0.2, -0.15) is 0 Å². The molecule has 0 aromatic carbocycles. The van der Waals surface area contributed by atoms with E-state index in [4.69, 9.17) is 0 Å². The highest BCUT2D eigenvalue weighted by atomic mass is 32.2. The van der Waals surface area contributed by atoms with Crippen molar-refractivity contribution in [1.29, 1.82) is 0 Å². The van der Waals surface area contributed by atoms with Crippen LogP contribution in [-0.4, -0.2) is 40.7 Å². The van der Waals surface area contributed by atoms with E-state index in [9.17, 15) is 4.79 Å². The quantitative estimate of drug-likeness (QED) is 0.523. The summed E-state index contributed by atoms with van der Waals surface area (Å²) in [7, 11) is 0. The van der Waals surface area contributed by atoms with Crippen molar-refractivity contribution >= 4 is 23.4 Å². The molecule has 0 spiro atoms. The van der Waals surface area contributed by atoms with E-state index in [1.807, 2.05) is 16.7 Å². The van der Waals surface area contributed by atoms with E-state index in [0.717, 1.165) is 31.0 Å². The standard InChI is InChI=1S/C10H16N2OS/c1-2-3-4-5-11-8-9(13)12-6-7-14-10(8)12/h10H,2-7H2,1H3/b11-8+/t10-/m1/s1. The molecule has 0 aliphatic carbocycles. The van der Waals surface area contributed by atoms with Gasteiger partial charge in [0.15, 0.2) is 0 Å². The summed E-state index contributed by atoms with van der Waals surface area (Å²) in [6.45, 7) is 3.93. The van der Waals surface area contributed by atoms with E-state index < -0.39 is 0 Å². The molecule has 0 saturated carbocycles. The van der Waals surface area contributed by atoms with Gasteiger partial charge in [-0.05, 0) is 6.42 Å². The van der Waals surface area contributed by atoms with E-state index >= 15 is 0 Å². The van der Waals surface area contributed by atoms with Crippen LogP contribution < -0.4 is 0 Å². The van der Waals surface area contributed by atoms with E-state index in [2.05, 4.69) is 11.9 Å². The molecule has 0 N–H and O–H groups in total. The minimum atomic E-state index is 0.177. The number of hydrogen-bond acceptors (Lipinski definition) is 3. The highest BCUT2D eigenvalue weighted by Crippen LogP contribution is 2.33. The van der Waals surface area contributed by atoms with E-state index in [-0.39, 0.29) is 5.91 Å². The van der Waals surface area contributed by atoms with Gasteiger partial charge in [-0.25, -0.2) is 0 Å². The van der Waals surface area contributed by atoms with Crippen molar-refractivity contribution in [2.45, 2.75) is 31.6 Å². The van der Waals surface area contributed by atoms with Gasteiger partial charge in [0.25, 0.3) is 5.91 Å². The fraction of sp³-hybridized carbons (Fsp3) is 0.800. The molecule has 1 atom stereocenters. The number of β-lactam (4-membered cyclic amide) rings is 1. The first kappa shape index (κ1) is 10.0. The second-order valence-electron chi connectivity index (χ2n) is 3.70. The number of hydrogen-bond donors (Lipinski definition) is 0. The Kier molecular flexibility index (Phi) is 3.11. The normalized spacial score (nSPS) is 28.1. The lowest BCUT2D eigenvalue weighted by Gasteiger charge is -2.34. The molecule has 0 radical (unpaired) electrons. The minimum absolute atomic E-state index is 0.177. The third-order valence-electron chi connectivity index (χ3n) is 2.65. The lowest BCUT2D eigenvalue weighted by atomic mass is 10.1. The maximum atomic E-state index is 11.5. The summed E-state index contributed by atoms with van der Waals surface area (Å²) in [5.41, 5.74) is 0.823. The smallest absolute Gasteiger partial charge is 0.272 e. The Morgan fingerprint density at radius 3 is 3.21 bits per heavy atom. The number of amides is 1. The molecule has 14 heavy (non-hydrogen) atoms. The Hall–Kier alpha value is -0.510. The van der Waals surface area contributed by atoms with Gasteiger partial charge >= 0.3 is 0 Å². The van der Waals surface area contributed by atoms with Crippen LogP contribution in [0.25, 0.3) is 0 Å². The second-order valence-corrected chi connectivity index (χ2v) is 4.88. The topological polar surface area (TPSA) is 32.7 Å². The number of rotatable bonds is 4. The Labute approximate surface area is 89.0 Å². The summed E-state index contributed by atoms with van der Waals surface area (Å²) in [4.78, 5) is 17.8. The lowest BCUT2D eigenvalue weighted by molar-refractivity contribution is -0.127. The SMILES string of the molecule is CCCCC/N=C1\C(=O)N2CCS[C@H]12. The first-order chi connectivity index (χ1) is 6.84. The van der Waals surface area contributed by atoms with Crippen LogP contribution in [-0.2, 0) is 4.79 Å². The summed E-state index contributed by atoms with van der Waals surface area (Å²) < 4.78 is 0. The monoisotopic (exact) mass is 212 g/mol. The molecule has 2 aliphatic heterocycles.